The van der Waals surface area contributed by atoms with E-state index < -0.39 is 6.04 Å². The summed E-state index contributed by atoms with van der Waals surface area (Å²) in [5, 5.41) is 24.1. The molecule has 10 nitrogen and oxygen atoms in total. The smallest absolute Gasteiger partial charge is 0.211 e. The highest BCUT2D eigenvalue weighted by molar-refractivity contribution is 9.10. The number of halogens is 1. The molecule has 1 atom stereocenters. The molecule has 0 spiro atoms. The van der Waals surface area contributed by atoms with Crippen LogP contribution in [0.15, 0.2) is 51.9 Å². The number of nitrogens with zero attached hydrogens (tertiary/aromatic N) is 4. The Kier molecular flexibility index (Phi) is 6.90. The van der Waals surface area contributed by atoms with E-state index in [1.165, 1.54) is 0 Å². The number of nitrogens with one attached hydrogen (secondary N) is 2. The maximum absolute atomic E-state index is 9.54. The number of hydrogen-bond donors (Lipinski definition) is 4. The van der Waals surface area contributed by atoms with Crippen molar-refractivity contribution in [2.75, 3.05) is 23.4 Å². The fourth-order valence-corrected chi connectivity index (χ4v) is 4.22. The molecule has 4 rings (SSSR count). The fourth-order valence-electron chi connectivity index (χ4n) is 3.68. The SMILES string of the molecule is CCOc1cc(C2N=C(NC#N)Nc3nc(N)c(C#N)c(N)c32)c(Br)cc1OCc1ccccc1. The Morgan fingerprint density at radius 1 is 1.14 bits per heavy atom. The fraction of sp³-hybridized carbons (Fsp3) is 0.167. The molecule has 176 valence electrons. The van der Waals surface area contributed by atoms with Crippen LogP contribution >= 0.6 is 15.9 Å². The monoisotopic (exact) mass is 532 g/mol. The summed E-state index contributed by atoms with van der Waals surface area (Å²) in [7, 11) is 0. The minimum absolute atomic E-state index is 0.0214. The average molecular weight is 533 g/mol. The number of anilines is 3. The van der Waals surface area contributed by atoms with Gasteiger partial charge in [0.1, 0.15) is 35.9 Å². The average Bonchev–Trinajstić information content (AvgIpc) is 2.84. The molecule has 0 radical (unpaired) electrons. The molecule has 0 amide bonds. The minimum atomic E-state index is -0.723. The molecule has 2 heterocycles. The van der Waals surface area contributed by atoms with Crippen LogP contribution in [0, 0.1) is 22.8 Å². The molecule has 0 saturated carbocycles. The summed E-state index contributed by atoms with van der Waals surface area (Å²) in [6.45, 7) is 2.65. The number of aliphatic imine (C=N–C) groups is 1. The van der Waals surface area contributed by atoms with Crippen LogP contribution in [0.2, 0.25) is 0 Å². The van der Waals surface area contributed by atoms with Crippen LogP contribution in [0.3, 0.4) is 0 Å². The first-order valence-electron chi connectivity index (χ1n) is 10.6. The summed E-state index contributed by atoms with van der Waals surface area (Å²) in [5.74, 6) is 1.49. The largest absolute Gasteiger partial charge is 0.490 e. The third-order valence-electron chi connectivity index (χ3n) is 5.25. The second kappa shape index (κ2) is 10.2. The molecule has 3 aromatic rings. The Morgan fingerprint density at radius 3 is 2.57 bits per heavy atom. The molecule has 0 fully saturated rings. The number of fused-ring (bicyclic) bond motifs is 1. The molecule has 0 aliphatic carbocycles. The number of nitrogen functional groups attached to an aromatic ring is 2. The predicted octanol–water partition coefficient (Wildman–Crippen LogP) is 3.80. The van der Waals surface area contributed by atoms with Crippen molar-refractivity contribution in [1.82, 2.24) is 10.3 Å². The Labute approximate surface area is 210 Å². The molecule has 1 aromatic heterocycles. The maximum atomic E-state index is 9.54. The van der Waals surface area contributed by atoms with Gasteiger partial charge in [0.2, 0.25) is 5.96 Å². The van der Waals surface area contributed by atoms with E-state index in [9.17, 15) is 5.26 Å². The van der Waals surface area contributed by atoms with Crippen molar-refractivity contribution in [3.05, 3.63) is 69.2 Å². The van der Waals surface area contributed by atoms with E-state index in [1.54, 1.807) is 12.1 Å². The van der Waals surface area contributed by atoms with Crippen molar-refractivity contribution >= 4 is 39.2 Å². The Bertz CT molecular complexity index is 1380. The second-order valence-corrected chi connectivity index (χ2v) is 8.28. The van der Waals surface area contributed by atoms with Crippen LogP contribution in [-0.4, -0.2) is 17.6 Å². The molecular formula is C24H21BrN8O2. The molecule has 1 unspecified atom stereocenters. The third kappa shape index (κ3) is 4.76. The Hall–Kier alpha value is -4.48. The molecule has 1 aliphatic heterocycles. The van der Waals surface area contributed by atoms with Gasteiger partial charge in [-0.3, -0.25) is 5.32 Å². The van der Waals surface area contributed by atoms with Gasteiger partial charge in [-0.15, -0.1) is 0 Å². The lowest BCUT2D eigenvalue weighted by Crippen LogP contribution is -2.32. The Morgan fingerprint density at radius 2 is 1.89 bits per heavy atom. The van der Waals surface area contributed by atoms with Crippen LogP contribution in [-0.2, 0) is 6.61 Å². The van der Waals surface area contributed by atoms with Crippen LogP contribution < -0.4 is 31.6 Å². The van der Waals surface area contributed by atoms with Gasteiger partial charge in [0.25, 0.3) is 0 Å². The summed E-state index contributed by atoms with van der Waals surface area (Å²) in [6.07, 6.45) is 1.84. The van der Waals surface area contributed by atoms with E-state index in [1.807, 2.05) is 49.5 Å². The first-order valence-corrected chi connectivity index (χ1v) is 11.4. The Balaban J connectivity index is 1.82. The first kappa shape index (κ1) is 23.7. The summed E-state index contributed by atoms with van der Waals surface area (Å²) < 4.78 is 12.6. The quantitative estimate of drug-likeness (QED) is 0.272. The highest BCUT2D eigenvalue weighted by atomic mass is 79.9. The molecule has 11 heteroatoms. The van der Waals surface area contributed by atoms with Gasteiger partial charge >= 0.3 is 0 Å². The molecule has 1 aliphatic rings. The van der Waals surface area contributed by atoms with E-state index in [-0.39, 0.29) is 23.0 Å². The normalized spacial score (nSPS) is 13.9. The van der Waals surface area contributed by atoms with Crippen LogP contribution in [0.1, 0.15) is 35.2 Å². The molecule has 2 aromatic carbocycles. The lowest BCUT2D eigenvalue weighted by atomic mass is 9.95. The van der Waals surface area contributed by atoms with Gasteiger partial charge < -0.3 is 26.3 Å². The number of ether oxygens (including phenoxy) is 2. The topological polar surface area (TPSA) is 167 Å². The van der Waals surface area contributed by atoms with Gasteiger partial charge in [0, 0.05) is 10.0 Å². The van der Waals surface area contributed by atoms with Crippen LogP contribution in [0.5, 0.6) is 11.5 Å². The molecule has 35 heavy (non-hydrogen) atoms. The standard InChI is InChI=1S/C24H21BrN8O2/c1-2-34-17-8-14(16(25)9-18(17)35-11-13-6-4-3-5-7-13)21-19-20(28)15(10-26)22(29)32-23(19)33-24(31-21)30-12-27/h3-9,21H,2,11H2,1H3,(H6,28,29,30,31,32,33). The van der Waals surface area contributed by atoms with Gasteiger partial charge in [-0.05, 0) is 30.2 Å². The number of hydrogen-bond acceptors (Lipinski definition) is 10. The molecular weight excluding hydrogens is 512 g/mol. The number of pyridine rings is 1. The van der Waals surface area contributed by atoms with Crippen molar-refractivity contribution in [3.8, 4) is 23.8 Å². The highest BCUT2D eigenvalue weighted by Crippen LogP contribution is 2.45. The summed E-state index contributed by atoms with van der Waals surface area (Å²) in [5.41, 5.74) is 14.6. The maximum Gasteiger partial charge on any atom is 0.211 e. The molecule has 6 N–H and O–H groups in total. The summed E-state index contributed by atoms with van der Waals surface area (Å²) in [4.78, 5) is 8.89. The van der Waals surface area contributed by atoms with E-state index >= 15 is 0 Å². The number of guanidine groups is 1. The lowest BCUT2D eigenvalue weighted by Gasteiger charge is -2.27. The second-order valence-electron chi connectivity index (χ2n) is 7.43. The zero-order chi connectivity index (χ0) is 24.9. The van der Waals surface area contributed by atoms with Crippen LogP contribution in [0.25, 0.3) is 0 Å². The van der Waals surface area contributed by atoms with E-state index in [4.69, 9.17) is 26.2 Å². The van der Waals surface area contributed by atoms with E-state index in [0.29, 0.717) is 46.1 Å². The van der Waals surface area contributed by atoms with Crippen molar-refractivity contribution in [1.29, 1.82) is 10.5 Å². The van der Waals surface area contributed by atoms with Gasteiger partial charge in [-0.25, -0.2) is 9.98 Å². The van der Waals surface area contributed by atoms with E-state index in [0.717, 1.165) is 5.56 Å². The zero-order valence-electron chi connectivity index (χ0n) is 18.7. The molecule has 0 saturated heterocycles. The van der Waals surface area contributed by atoms with E-state index in [2.05, 4.69) is 36.5 Å². The van der Waals surface area contributed by atoms with Crippen molar-refractivity contribution in [2.24, 2.45) is 4.99 Å². The summed E-state index contributed by atoms with van der Waals surface area (Å²) in [6, 6.07) is 14.6. The highest BCUT2D eigenvalue weighted by Gasteiger charge is 2.31. The first-order chi connectivity index (χ1) is 17.0. The third-order valence-corrected chi connectivity index (χ3v) is 5.94. The number of nitriles is 2. The van der Waals surface area contributed by atoms with Gasteiger partial charge in [-0.2, -0.15) is 10.5 Å². The lowest BCUT2D eigenvalue weighted by molar-refractivity contribution is 0.269. The number of nitrogens with two attached hydrogens (primary N) is 2. The van der Waals surface area contributed by atoms with Gasteiger partial charge in [-0.1, -0.05) is 46.3 Å². The van der Waals surface area contributed by atoms with Gasteiger partial charge in [0.15, 0.2) is 17.7 Å². The zero-order valence-corrected chi connectivity index (χ0v) is 20.3. The van der Waals surface area contributed by atoms with Crippen molar-refractivity contribution in [3.63, 3.8) is 0 Å². The number of aromatic nitrogens is 1. The van der Waals surface area contributed by atoms with Gasteiger partial charge in [0.05, 0.1) is 12.3 Å². The number of benzene rings is 2. The van der Waals surface area contributed by atoms with Crippen molar-refractivity contribution < 1.29 is 9.47 Å². The van der Waals surface area contributed by atoms with Crippen molar-refractivity contribution in [2.45, 2.75) is 19.6 Å². The number of rotatable bonds is 6. The van der Waals surface area contributed by atoms with Crippen LogP contribution in [0.4, 0.5) is 17.3 Å². The minimum Gasteiger partial charge on any atom is -0.490 e. The predicted molar refractivity (Wildman–Crippen MR) is 136 cm³/mol. The molecule has 0 bridgehead atoms. The summed E-state index contributed by atoms with van der Waals surface area (Å²) >= 11 is 3.62.